The summed E-state index contributed by atoms with van der Waals surface area (Å²) >= 11 is 5.75. The Bertz CT molecular complexity index is 293. The van der Waals surface area contributed by atoms with Gasteiger partial charge in [-0.2, -0.15) is 0 Å². The third-order valence-corrected chi connectivity index (χ3v) is 2.72. The number of aliphatic hydroxyl groups is 1. The summed E-state index contributed by atoms with van der Waals surface area (Å²) in [7, 11) is 0. The third kappa shape index (κ3) is 2.16. The molecule has 1 saturated heterocycles. The molecule has 0 aromatic carbocycles. The minimum Gasteiger partial charge on any atom is -0.393 e. The van der Waals surface area contributed by atoms with Crippen LogP contribution in [-0.4, -0.2) is 29.3 Å². The zero-order valence-corrected chi connectivity index (χ0v) is 8.61. The highest BCUT2D eigenvalue weighted by Gasteiger charge is 2.17. The Morgan fingerprint density at radius 3 is 2.64 bits per heavy atom. The number of anilines is 1. The smallest absolute Gasteiger partial charge is 0.128 e. The molecule has 1 aliphatic rings. The molecule has 1 aromatic heterocycles. The maximum atomic E-state index is 9.35. The number of piperidine rings is 1. The fourth-order valence-electron chi connectivity index (χ4n) is 1.65. The number of pyridine rings is 1. The van der Waals surface area contributed by atoms with Crippen molar-refractivity contribution in [2.75, 3.05) is 18.0 Å². The quantitative estimate of drug-likeness (QED) is 0.770. The molecular formula is C10H13ClN2O. The fourth-order valence-corrected chi connectivity index (χ4v) is 1.76. The summed E-state index contributed by atoms with van der Waals surface area (Å²) < 4.78 is 0. The SMILES string of the molecule is OC1CCN(c2ccc(Cl)cn2)CC1. The fraction of sp³-hybridized carbons (Fsp3) is 0.500. The van der Waals surface area contributed by atoms with Crippen LogP contribution in [0.2, 0.25) is 5.02 Å². The molecule has 3 nitrogen and oxygen atoms in total. The molecule has 76 valence electrons. The minimum atomic E-state index is -0.140. The third-order valence-electron chi connectivity index (χ3n) is 2.50. The Morgan fingerprint density at radius 1 is 1.36 bits per heavy atom. The summed E-state index contributed by atoms with van der Waals surface area (Å²) in [6.07, 6.45) is 3.16. The van der Waals surface area contributed by atoms with Gasteiger partial charge in [-0.1, -0.05) is 11.6 Å². The van der Waals surface area contributed by atoms with Crippen LogP contribution in [-0.2, 0) is 0 Å². The Hall–Kier alpha value is -0.800. The van der Waals surface area contributed by atoms with Gasteiger partial charge in [0, 0.05) is 19.3 Å². The Labute approximate surface area is 88.3 Å². The molecule has 0 saturated carbocycles. The van der Waals surface area contributed by atoms with E-state index in [9.17, 15) is 5.11 Å². The first kappa shape index (κ1) is 9.74. The molecule has 0 bridgehead atoms. The molecule has 4 heteroatoms. The second-order valence-electron chi connectivity index (χ2n) is 3.55. The summed E-state index contributed by atoms with van der Waals surface area (Å²) in [5.41, 5.74) is 0. The van der Waals surface area contributed by atoms with Crippen molar-refractivity contribution in [2.45, 2.75) is 18.9 Å². The van der Waals surface area contributed by atoms with E-state index in [4.69, 9.17) is 11.6 Å². The van der Waals surface area contributed by atoms with Crippen molar-refractivity contribution >= 4 is 17.4 Å². The van der Waals surface area contributed by atoms with Crippen LogP contribution in [0.1, 0.15) is 12.8 Å². The monoisotopic (exact) mass is 212 g/mol. The van der Waals surface area contributed by atoms with Crippen molar-refractivity contribution in [1.82, 2.24) is 4.98 Å². The van der Waals surface area contributed by atoms with Gasteiger partial charge in [0.1, 0.15) is 5.82 Å². The van der Waals surface area contributed by atoms with E-state index in [-0.39, 0.29) is 6.10 Å². The van der Waals surface area contributed by atoms with E-state index in [1.165, 1.54) is 0 Å². The van der Waals surface area contributed by atoms with E-state index in [1.807, 2.05) is 12.1 Å². The average molecular weight is 213 g/mol. The van der Waals surface area contributed by atoms with Crippen LogP contribution in [0.25, 0.3) is 0 Å². The van der Waals surface area contributed by atoms with Gasteiger partial charge in [-0.25, -0.2) is 4.98 Å². The Balaban J connectivity index is 2.05. The van der Waals surface area contributed by atoms with Gasteiger partial charge in [-0.05, 0) is 25.0 Å². The number of hydrogen-bond acceptors (Lipinski definition) is 3. The highest BCUT2D eigenvalue weighted by molar-refractivity contribution is 6.30. The van der Waals surface area contributed by atoms with Gasteiger partial charge in [-0.3, -0.25) is 0 Å². The molecule has 0 aliphatic carbocycles. The van der Waals surface area contributed by atoms with Gasteiger partial charge in [0.05, 0.1) is 11.1 Å². The molecule has 14 heavy (non-hydrogen) atoms. The van der Waals surface area contributed by atoms with Gasteiger partial charge < -0.3 is 10.0 Å². The van der Waals surface area contributed by atoms with E-state index in [1.54, 1.807) is 6.20 Å². The van der Waals surface area contributed by atoms with Crippen molar-refractivity contribution < 1.29 is 5.11 Å². The highest BCUT2D eigenvalue weighted by atomic mass is 35.5. The standard InChI is InChI=1S/C10H13ClN2O/c11-8-1-2-10(12-7-8)13-5-3-9(14)4-6-13/h1-2,7,9,14H,3-6H2. The molecule has 0 amide bonds. The van der Waals surface area contributed by atoms with Crippen LogP contribution in [0.15, 0.2) is 18.3 Å². The molecule has 1 N–H and O–H groups in total. The normalized spacial score (nSPS) is 18.6. The molecule has 1 aromatic rings. The lowest BCUT2D eigenvalue weighted by Crippen LogP contribution is -2.36. The molecule has 0 radical (unpaired) electrons. The number of aliphatic hydroxyl groups excluding tert-OH is 1. The summed E-state index contributed by atoms with van der Waals surface area (Å²) in [5, 5.41) is 10.0. The summed E-state index contributed by atoms with van der Waals surface area (Å²) in [5.74, 6) is 0.946. The first-order valence-electron chi connectivity index (χ1n) is 4.80. The van der Waals surface area contributed by atoms with Crippen molar-refractivity contribution in [3.63, 3.8) is 0 Å². The first-order chi connectivity index (χ1) is 6.75. The molecule has 0 atom stereocenters. The van der Waals surface area contributed by atoms with Crippen molar-refractivity contribution in [3.05, 3.63) is 23.4 Å². The van der Waals surface area contributed by atoms with Gasteiger partial charge >= 0.3 is 0 Å². The van der Waals surface area contributed by atoms with Crippen molar-refractivity contribution in [3.8, 4) is 0 Å². The number of aromatic nitrogens is 1. The van der Waals surface area contributed by atoms with Gasteiger partial charge in [0.2, 0.25) is 0 Å². The van der Waals surface area contributed by atoms with Gasteiger partial charge in [0.25, 0.3) is 0 Å². The predicted molar refractivity (Wildman–Crippen MR) is 56.7 cm³/mol. The van der Waals surface area contributed by atoms with Crippen LogP contribution >= 0.6 is 11.6 Å². The molecule has 2 heterocycles. The summed E-state index contributed by atoms with van der Waals surface area (Å²) in [4.78, 5) is 6.41. The van der Waals surface area contributed by atoms with Crippen LogP contribution in [0.5, 0.6) is 0 Å². The second kappa shape index (κ2) is 4.15. The van der Waals surface area contributed by atoms with Crippen LogP contribution in [0.3, 0.4) is 0 Å². The van der Waals surface area contributed by atoms with Gasteiger partial charge in [0.15, 0.2) is 0 Å². The van der Waals surface area contributed by atoms with E-state index in [2.05, 4.69) is 9.88 Å². The lowest BCUT2D eigenvalue weighted by Gasteiger charge is -2.30. The Kier molecular flexibility index (Phi) is 2.89. The van der Waals surface area contributed by atoms with E-state index >= 15 is 0 Å². The largest absolute Gasteiger partial charge is 0.393 e. The highest BCUT2D eigenvalue weighted by Crippen LogP contribution is 2.18. The maximum Gasteiger partial charge on any atom is 0.128 e. The molecule has 0 spiro atoms. The predicted octanol–water partition coefficient (Wildman–Crippen LogP) is 1.70. The van der Waals surface area contributed by atoms with E-state index in [0.717, 1.165) is 31.7 Å². The Morgan fingerprint density at radius 2 is 2.07 bits per heavy atom. The van der Waals surface area contributed by atoms with E-state index < -0.39 is 0 Å². The second-order valence-corrected chi connectivity index (χ2v) is 3.99. The topological polar surface area (TPSA) is 36.4 Å². The van der Waals surface area contributed by atoms with Crippen molar-refractivity contribution in [1.29, 1.82) is 0 Å². The first-order valence-corrected chi connectivity index (χ1v) is 5.18. The zero-order valence-electron chi connectivity index (χ0n) is 7.86. The number of nitrogens with zero attached hydrogens (tertiary/aromatic N) is 2. The summed E-state index contributed by atoms with van der Waals surface area (Å²) in [6, 6.07) is 3.76. The average Bonchev–Trinajstić information content (AvgIpc) is 2.21. The van der Waals surface area contributed by atoms with Crippen LogP contribution in [0, 0.1) is 0 Å². The number of halogens is 1. The molecule has 0 unspecified atom stereocenters. The van der Waals surface area contributed by atoms with E-state index in [0.29, 0.717) is 5.02 Å². The maximum absolute atomic E-state index is 9.35. The van der Waals surface area contributed by atoms with Crippen LogP contribution < -0.4 is 4.90 Å². The van der Waals surface area contributed by atoms with Crippen LogP contribution in [0.4, 0.5) is 5.82 Å². The molecule has 1 fully saturated rings. The molecular weight excluding hydrogens is 200 g/mol. The lowest BCUT2D eigenvalue weighted by molar-refractivity contribution is 0.145. The molecule has 1 aliphatic heterocycles. The van der Waals surface area contributed by atoms with Crippen molar-refractivity contribution in [2.24, 2.45) is 0 Å². The molecule has 2 rings (SSSR count). The summed E-state index contributed by atoms with van der Waals surface area (Å²) in [6.45, 7) is 1.74. The number of rotatable bonds is 1. The number of hydrogen-bond donors (Lipinski definition) is 1. The zero-order chi connectivity index (χ0) is 9.97. The minimum absolute atomic E-state index is 0.140. The van der Waals surface area contributed by atoms with Gasteiger partial charge in [-0.15, -0.1) is 0 Å². The lowest BCUT2D eigenvalue weighted by atomic mass is 10.1.